The Kier molecular flexibility index (Phi) is 4.82. The van der Waals surface area contributed by atoms with Crippen LogP contribution in [0.3, 0.4) is 0 Å². The Morgan fingerprint density at radius 1 is 1.14 bits per heavy atom. The highest BCUT2D eigenvalue weighted by molar-refractivity contribution is 7.99. The Labute approximate surface area is 162 Å². The van der Waals surface area contributed by atoms with Crippen LogP contribution >= 0.6 is 11.8 Å². The second kappa shape index (κ2) is 7.43. The van der Waals surface area contributed by atoms with Crippen molar-refractivity contribution in [3.63, 3.8) is 0 Å². The fourth-order valence-corrected chi connectivity index (χ4v) is 3.76. The molecule has 9 heteroatoms. The van der Waals surface area contributed by atoms with Crippen LogP contribution in [0.15, 0.2) is 58.5 Å². The first kappa shape index (κ1) is 18.2. The van der Waals surface area contributed by atoms with Gasteiger partial charge in [-0.3, -0.25) is 14.2 Å². The van der Waals surface area contributed by atoms with Crippen molar-refractivity contribution in [2.45, 2.75) is 5.16 Å². The molecule has 1 aromatic heterocycles. The molecule has 2 amide bonds. The van der Waals surface area contributed by atoms with Gasteiger partial charge in [0.05, 0.1) is 28.9 Å². The molecular weight excluding hydrogens is 385 g/mol. The summed E-state index contributed by atoms with van der Waals surface area (Å²) in [5.41, 5.74) is 0.0446. The number of carbonyl (C=O) groups excluding carboxylic acids is 2. The minimum atomic E-state index is -0.691. The third kappa shape index (κ3) is 3.24. The molecule has 2 aromatic carbocycles. The number of nitrogens with zero attached hydrogens (tertiary/aromatic N) is 3. The topological polar surface area (TPSA) is 81.5 Å². The van der Waals surface area contributed by atoms with Crippen LogP contribution in [0, 0.1) is 5.82 Å². The maximum atomic E-state index is 14.4. The number of rotatable bonds is 4. The number of halogens is 1. The fraction of sp³-hybridized carbons (Fsp3) is 0.158. The highest BCUT2D eigenvalue weighted by atomic mass is 32.2. The van der Waals surface area contributed by atoms with Crippen LogP contribution in [-0.2, 0) is 9.53 Å². The number of benzene rings is 2. The first-order valence-corrected chi connectivity index (χ1v) is 9.41. The average Bonchev–Trinajstić information content (AvgIpc) is 3.13. The predicted octanol–water partition coefficient (Wildman–Crippen LogP) is 2.60. The monoisotopic (exact) mass is 399 g/mol. The quantitative estimate of drug-likeness (QED) is 0.496. The molecule has 7 nitrogen and oxygen atoms in total. The van der Waals surface area contributed by atoms with Gasteiger partial charge in [-0.2, -0.15) is 0 Å². The minimum absolute atomic E-state index is 0.0429. The van der Waals surface area contributed by atoms with E-state index in [0.29, 0.717) is 10.9 Å². The molecule has 0 saturated carbocycles. The van der Waals surface area contributed by atoms with Crippen molar-refractivity contribution in [2.75, 3.05) is 18.9 Å². The van der Waals surface area contributed by atoms with Crippen molar-refractivity contribution < 1.29 is 18.7 Å². The molecule has 1 saturated heterocycles. The Bertz CT molecular complexity index is 1150. The van der Waals surface area contributed by atoms with Crippen LogP contribution in [0.4, 0.5) is 9.18 Å². The zero-order valence-electron chi connectivity index (χ0n) is 14.5. The molecule has 0 N–H and O–H groups in total. The average molecular weight is 399 g/mol. The van der Waals surface area contributed by atoms with Gasteiger partial charge in [0.25, 0.3) is 5.56 Å². The van der Waals surface area contributed by atoms with Gasteiger partial charge in [-0.15, -0.1) is 0 Å². The number of hydrogen-bond donors (Lipinski definition) is 0. The number of imide groups is 1. The molecule has 1 aliphatic heterocycles. The van der Waals surface area contributed by atoms with Crippen LogP contribution in [0.25, 0.3) is 16.6 Å². The van der Waals surface area contributed by atoms with Crippen LogP contribution < -0.4 is 5.56 Å². The number of aromatic nitrogens is 2. The third-order valence-corrected chi connectivity index (χ3v) is 5.15. The summed E-state index contributed by atoms with van der Waals surface area (Å²) in [6, 6.07) is 12.6. The smallest absolute Gasteiger partial charge is 0.416 e. The lowest BCUT2D eigenvalue weighted by atomic mass is 10.2. The standard InChI is InChI=1S/C19H14FN3O4S/c20-13-6-2-4-8-15(13)23-17(25)12-5-1-3-7-14(12)21-18(23)28-11-16(24)22-9-10-27-19(22)26/h1-8H,9-11H2. The summed E-state index contributed by atoms with van der Waals surface area (Å²) in [6.07, 6.45) is -0.691. The Morgan fingerprint density at radius 3 is 2.64 bits per heavy atom. The van der Waals surface area contributed by atoms with Gasteiger partial charge in [-0.1, -0.05) is 36.0 Å². The number of fused-ring (bicyclic) bond motifs is 1. The molecule has 0 aliphatic carbocycles. The maximum Gasteiger partial charge on any atom is 0.416 e. The molecule has 0 bridgehead atoms. The van der Waals surface area contributed by atoms with Gasteiger partial charge < -0.3 is 4.74 Å². The molecule has 2 heterocycles. The van der Waals surface area contributed by atoms with E-state index < -0.39 is 23.4 Å². The van der Waals surface area contributed by atoms with Crippen molar-refractivity contribution in [2.24, 2.45) is 0 Å². The van der Waals surface area contributed by atoms with E-state index in [1.807, 2.05) is 0 Å². The fourth-order valence-electron chi connectivity index (χ4n) is 2.88. The maximum absolute atomic E-state index is 14.4. The Morgan fingerprint density at radius 2 is 1.89 bits per heavy atom. The van der Waals surface area contributed by atoms with E-state index in [1.54, 1.807) is 30.3 Å². The van der Waals surface area contributed by atoms with Crippen molar-refractivity contribution in [3.05, 3.63) is 64.7 Å². The van der Waals surface area contributed by atoms with E-state index in [-0.39, 0.29) is 29.7 Å². The molecular formula is C19H14FN3O4S. The summed E-state index contributed by atoms with van der Waals surface area (Å²) < 4.78 is 20.3. The van der Waals surface area contributed by atoms with E-state index in [1.165, 1.54) is 18.2 Å². The van der Waals surface area contributed by atoms with E-state index >= 15 is 0 Å². The highest BCUT2D eigenvalue weighted by Crippen LogP contribution is 2.23. The molecule has 0 spiro atoms. The summed E-state index contributed by atoms with van der Waals surface area (Å²) in [5.74, 6) is -1.19. The largest absolute Gasteiger partial charge is 0.447 e. The number of cyclic esters (lactones) is 1. The lowest BCUT2D eigenvalue weighted by Gasteiger charge is -2.15. The lowest BCUT2D eigenvalue weighted by Crippen LogP contribution is -2.33. The highest BCUT2D eigenvalue weighted by Gasteiger charge is 2.28. The van der Waals surface area contributed by atoms with Crippen LogP contribution in [0.5, 0.6) is 0 Å². The van der Waals surface area contributed by atoms with Gasteiger partial charge in [-0.25, -0.2) is 19.1 Å². The van der Waals surface area contributed by atoms with Crippen molar-refractivity contribution in [3.8, 4) is 5.69 Å². The Balaban J connectivity index is 1.77. The predicted molar refractivity (Wildman–Crippen MR) is 101 cm³/mol. The normalized spacial score (nSPS) is 13.8. The number of carbonyl (C=O) groups is 2. The molecule has 0 radical (unpaired) electrons. The van der Waals surface area contributed by atoms with Crippen molar-refractivity contribution in [1.82, 2.24) is 14.5 Å². The van der Waals surface area contributed by atoms with E-state index in [2.05, 4.69) is 4.98 Å². The van der Waals surface area contributed by atoms with Gasteiger partial charge in [0.1, 0.15) is 12.4 Å². The van der Waals surface area contributed by atoms with E-state index in [4.69, 9.17) is 4.74 Å². The van der Waals surface area contributed by atoms with Crippen LogP contribution in [0.1, 0.15) is 0 Å². The van der Waals surface area contributed by atoms with Gasteiger partial charge in [0, 0.05) is 0 Å². The minimum Gasteiger partial charge on any atom is -0.447 e. The molecule has 3 aromatic rings. The number of hydrogen-bond acceptors (Lipinski definition) is 6. The van der Waals surface area contributed by atoms with Gasteiger partial charge in [-0.05, 0) is 24.3 Å². The second-order valence-electron chi connectivity index (χ2n) is 5.95. The number of thioether (sulfide) groups is 1. The summed E-state index contributed by atoms with van der Waals surface area (Å²) in [6.45, 7) is 0.340. The van der Waals surface area contributed by atoms with E-state index in [9.17, 15) is 18.8 Å². The molecule has 0 unspecified atom stereocenters. The summed E-state index contributed by atoms with van der Waals surface area (Å²) >= 11 is 0.963. The molecule has 1 aliphatic rings. The SMILES string of the molecule is O=C(CSc1nc2ccccc2c(=O)n1-c1ccccc1F)N1CCOC1=O. The van der Waals surface area contributed by atoms with Gasteiger partial charge in [0.2, 0.25) is 5.91 Å². The Hall–Kier alpha value is -3.20. The van der Waals surface area contributed by atoms with Crippen molar-refractivity contribution >= 4 is 34.7 Å². The third-order valence-electron chi connectivity index (χ3n) is 4.22. The molecule has 142 valence electrons. The molecule has 1 fully saturated rings. The van der Waals surface area contributed by atoms with Crippen LogP contribution in [0.2, 0.25) is 0 Å². The van der Waals surface area contributed by atoms with E-state index in [0.717, 1.165) is 21.2 Å². The zero-order chi connectivity index (χ0) is 19.7. The lowest BCUT2D eigenvalue weighted by molar-refractivity contribution is -0.125. The summed E-state index contributed by atoms with van der Waals surface area (Å²) in [4.78, 5) is 42.3. The van der Waals surface area contributed by atoms with Crippen LogP contribution in [-0.4, -0.2) is 45.4 Å². The van der Waals surface area contributed by atoms with Gasteiger partial charge in [0.15, 0.2) is 5.16 Å². The number of ether oxygens (including phenoxy) is 1. The number of para-hydroxylation sites is 2. The molecule has 4 rings (SSSR count). The molecule has 0 atom stereocenters. The molecule has 28 heavy (non-hydrogen) atoms. The summed E-state index contributed by atoms with van der Waals surface area (Å²) in [5, 5.41) is 0.499. The second-order valence-corrected chi connectivity index (χ2v) is 6.89. The van der Waals surface area contributed by atoms with Gasteiger partial charge >= 0.3 is 6.09 Å². The van der Waals surface area contributed by atoms with Crippen molar-refractivity contribution in [1.29, 1.82) is 0 Å². The zero-order valence-corrected chi connectivity index (χ0v) is 15.3. The summed E-state index contributed by atoms with van der Waals surface area (Å²) in [7, 11) is 0. The number of amides is 2. The first-order chi connectivity index (χ1) is 13.6. The first-order valence-electron chi connectivity index (χ1n) is 8.43.